The Kier molecular flexibility index (Phi) is 12.0. The van der Waals surface area contributed by atoms with Crippen molar-refractivity contribution in [2.24, 2.45) is 0 Å². The van der Waals surface area contributed by atoms with E-state index >= 15 is 0 Å². The maximum Gasteiger partial charge on any atom is 0.319 e. The van der Waals surface area contributed by atoms with Gasteiger partial charge in [0.05, 0.1) is 5.75 Å². The molecule has 0 unspecified atom stereocenters. The highest BCUT2D eigenvalue weighted by atomic mass is 32.2. The molecular weight excluding hydrogens is 647 g/mol. The summed E-state index contributed by atoms with van der Waals surface area (Å²) in [7, 11) is -2.71. The first-order valence-electron chi connectivity index (χ1n) is 16.9. The van der Waals surface area contributed by atoms with E-state index in [1.54, 1.807) is 11.8 Å². The number of ether oxygens (including phenoxy) is 1. The van der Waals surface area contributed by atoms with Crippen LogP contribution in [0.3, 0.4) is 0 Å². The highest BCUT2D eigenvalue weighted by molar-refractivity contribution is 7.98. The summed E-state index contributed by atoms with van der Waals surface area (Å²) in [5.74, 6) is 3.54. The van der Waals surface area contributed by atoms with Gasteiger partial charge in [-0.2, -0.15) is 4.98 Å². The number of nitrogens with one attached hydrogen (secondary N) is 1. The molecule has 0 aliphatic carbocycles. The summed E-state index contributed by atoms with van der Waals surface area (Å²) >= 11 is 1.69. The minimum absolute atomic E-state index is 0.127. The number of aliphatic hydroxyl groups is 1. The number of rotatable bonds is 15. The molecule has 0 saturated heterocycles. The third-order valence-corrected chi connectivity index (χ3v) is 14.3. The number of benzene rings is 4. The molecule has 0 radical (unpaired) electrons. The van der Waals surface area contributed by atoms with Crippen molar-refractivity contribution in [1.82, 2.24) is 15.5 Å². The largest absolute Gasteiger partial charge is 0.534 e. The Morgan fingerprint density at radius 3 is 1.94 bits per heavy atom. The third-order valence-electron chi connectivity index (χ3n) is 8.33. The minimum atomic E-state index is -2.71. The van der Waals surface area contributed by atoms with E-state index in [2.05, 4.69) is 130 Å². The van der Waals surface area contributed by atoms with Crippen LogP contribution in [-0.4, -0.2) is 49.4 Å². The molecule has 1 aromatic heterocycles. The molecule has 1 heterocycles. The van der Waals surface area contributed by atoms with Crippen LogP contribution in [0.2, 0.25) is 5.04 Å². The van der Waals surface area contributed by atoms with E-state index in [0.717, 1.165) is 23.6 Å². The number of aliphatic hydroxyl groups excluding tert-OH is 1. The van der Waals surface area contributed by atoms with E-state index in [9.17, 15) is 5.11 Å². The summed E-state index contributed by atoms with van der Waals surface area (Å²) in [4.78, 5) is 5.67. The predicted octanol–water partition coefficient (Wildman–Crippen LogP) is 7.17. The first-order chi connectivity index (χ1) is 23.4. The molecule has 0 amide bonds. The van der Waals surface area contributed by atoms with Crippen LogP contribution in [0.25, 0.3) is 0 Å². The molecule has 2 N–H and O–H groups in total. The van der Waals surface area contributed by atoms with Crippen molar-refractivity contribution in [3.63, 3.8) is 0 Å². The Bertz CT molecular complexity index is 1680. The van der Waals surface area contributed by atoms with Crippen molar-refractivity contribution in [2.75, 3.05) is 19.7 Å². The molecule has 0 fully saturated rings. The number of thioether (sulfide) groups is 1. The fraction of sp³-hybridized carbons (Fsp3) is 0.350. The van der Waals surface area contributed by atoms with Crippen molar-refractivity contribution in [3.05, 3.63) is 126 Å². The molecule has 0 aliphatic rings. The summed E-state index contributed by atoms with van der Waals surface area (Å²) < 4.78 is 18.4. The molecule has 0 aliphatic heterocycles. The van der Waals surface area contributed by atoms with Gasteiger partial charge in [0, 0.05) is 16.9 Å². The van der Waals surface area contributed by atoms with Gasteiger partial charge in [-0.25, -0.2) is 0 Å². The van der Waals surface area contributed by atoms with E-state index in [1.807, 2.05) is 36.4 Å². The van der Waals surface area contributed by atoms with Crippen molar-refractivity contribution in [3.8, 4) is 11.5 Å². The molecule has 258 valence electrons. The fourth-order valence-electron chi connectivity index (χ4n) is 5.70. The van der Waals surface area contributed by atoms with Gasteiger partial charge in [-0.1, -0.05) is 119 Å². The van der Waals surface area contributed by atoms with Gasteiger partial charge in [-0.15, -0.1) is 11.8 Å². The Labute approximate surface area is 296 Å². The Morgan fingerprint density at radius 2 is 1.39 bits per heavy atom. The zero-order valence-electron chi connectivity index (χ0n) is 29.5. The van der Waals surface area contributed by atoms with Crippen LogP contribution in [0.4, 0.5) is 0 Å². The second-order valence-electron chi connectivity index (χ2n) is 14.4. The van der Waals surface area contributed by atoms with Gasteiger partial charge < -0.3 is 24.1 Å². The first-order valence-corrected chi connectivity index (χ1v) is 19.8. The average molecular weight is 696 g/mol. The highest BCUT2D eigenvalue weighted by Crippen LogP contribution is 2.38. The Balaban J connectivity index is 1.07. The number of aromatic nitrogens is 2. The first kappa shape index (κ1) is 36.4. The van der Waals surface area contributed by atoms with Crippen molar-refractivity contribution in [1.29, 1.82) is 0 Å². The van der Waals surface area contributed by atoms with E-state index in [4.69, 9.17) is 13.7 Å². The van der Waals surface area contributed by atoms with Gasteiger partial charge in [0.1, 0.15) is 24.2 Å². The van der Waals surface area contributed by atoms with E-state index < -0.39 is 14.4 Å². The lowest BCUT2D eigenvalue weighted by molar-refractivity contribution is 0.106. The van der Waals surface area contributed by atoms with Gasteiger partial charge in [-0.05, 0) is 70.3 Å². The third kappa shape index (κ3) is 9.63. The Hall–Kier alpha value is -3.89. The number of hydrogen-bond acceptors (Lipinski definition) is 8. The van der Waals surface area contributed by atoms with Gasteiger partial charge in [0.25, 0.3) is 0 Å². The molecular formula is C40H49N3O4SSi. The lowest BCUT2D eigenvalue weighted by Crippen LogP contribution is -2.68. The van der Waals surface area contributed by atoms with Crippen LogP contribution in [0.5, 0.6) is 11.5 Å². The standard InChI is InChI=1S/C40H49N3O4SSi/c1-39(2,3)38-42-37(43-46-38)29-48-34-23-17-30(18-24-34)25-26-41-27-31(44)28-45-32-19-21-33(22-20-32)47-49(40(4,5)6,35-13-9-7-10-14-35)36-15-11-8-12-16-36/h7-24,31,41,44H,25-29H2,1-6H3/t31-/m0/s1. The maximum absolute atomic E-state index is 10.6. The summed E-state index contributed by atoms with van der Waals surface area (Å²) in [6.07, 6.45) is 0.237. The molecule has 0 saturated carbocycles. The summed E-state index contributed by atoms with van der Waals surface area (Å²) in [5, 5.41) is 20.3. The highest BCUT2D eigenvalue weighted by Gasteiger charge is 2.52. The molecule has 7 nitrogen and oxygen atoms in total. The lowest BCUT2D eigenvalue weighted by atomic mass is 9.97. The average Bonchev–Trinajstić information content (AvgIpc) is 3.59. The summed E-state index contributed by atoms with van der Waals surface area (Å²) in [5.41, 5.74) is 1.09. The predicted molar refractivity (Wildman–Crippen MR) is 202 cm³/mol. The molecule has 4 aromatic carbocycles. The smallest absolute Gasteiger partial charge is 0.319 e. The van der Waals surface area contributed by atoms with E-state index in [0.29, 0.717) is 29.8 Å². The Morgan fingerprint density at radius 1 is 0.796 bits per heavy atom. The van der Waals surface area contributed by atoms with Gasteiger partial charge in [-0.3, -0.25) is 0 Å². The maximum atomic E-state index is 10.6. The quantitative estimate of drug-likeness (QED) is 0.0678. The van der Waals surface area contributed by atoms with Crippen LogP contribution >= 0.6 is 11.8 Å². The number of nitrogens with zero attached hydrogens (tertiary/aromatic N) is 2. The van der Waals surface area contributed by atoms with Crippen LogP contribution in [0.15, 0.2) is 119 Å². The van der Waals surface area contributed by atoms with Gasteiger partial charge in [0.15, 0.2) is 5.82 Å². The normalized spacial score (nSPS) is 12.9. The molecule has 5 rings (SSSR count). The second-order valence-corrected chi connectivity index (χ2v) is 19.6. The van der Waals surface area contributed by atoms with E-state index in [1.165, 1.54) is 15.9 Å². The van der Waals surface area contributed by atoms with Crippen LogP contribution < -0.4 is 24.9 Å². The molecule has 1 atom stereocenters. The monoisotopic (exact) mass is 695 g/mol. The van der Waals surface area contributed by atoms with Gasteiger partial charge in [0.2, 0.25) is 5.89 Å². The van der Waals surface area contributed by atoms with Crippen LogP contribution in [0, 0.1) is 0 Å². The van der Waals surface area contributed by atoms with Crippen LogP contribution in [0.1, 0.15) is 58.8 Å². The SMILES string of the molecule is CC(C)(C)c1nc(CSc2ccc(CCNC[C@H](O)COc3ccc(O[Si](c4ccccc4)(c4ccccc4)C(C)(C)C)cc3)cc2)no1. The fourth-order valence-corrected chi connectivity index (χ4v) is 10.9. The minimum Gasteiger partial charge on any atom is -0.534 e. The van der Waals surface area contributed by atoms with Crippen molar-refractivity contribution in [2.45, 2.75) is 75.2 Å². The van der Waals surface area contributed by atoms with Crippen molar-refractivity contribution < 1.29 is 18.8 Å². The molecule has 49 heavy (non-hydrogen) atoms. The molecule has 9 heteroatoms. The van der Waals surface area contributed by atoms with Crippen molar-refractivity contribution >= 4 is 30.5 Å². The molecule has 0 spiro atoms. The zero-order valence-corrected chi connectivity index (χ0v) is 31.3. The lowest BCUT2D eigenvalue weighted by Gasteiger charge is -2.43. The second kappa shape index (κ2) is 16.2. The molecule has 0 bridgehead atoms. The summed E-state index contributed by atoms with van der Waals surface area (Å²) in [6.45, 7) is 14.4. The number of hydrogen-bond donors (Lipinski definition) is 2. The van der Waals surface area contributed by atoms with E-state index in [-0.39, 0.29) is 17.1 Å². The zero-order chi connectivity index (χ0) is 34.9. The topological polar surface area (TPSA) is 89.6 Å². The van der Waals surface area contributed by atoms with Crippen LogP contribution in [-0.2, 0) is 17.6 Å². The summed E-state index contributed by atoms with van der Waals surface area (Å²) in [6, 6.07) is 37.5. The molecule has 5 aromatic rings. The van der Waals surface area contributed by atoms with Gasteiger partial charge >= 0.3 is 8.32 Å².